The maximum atomic E-state index is 11.6. The Balaban J connectivity index is 2.64. The number of hydrogen-bond donors (Lipinski definition) is 1. The summed E-state index contributed by atoms with van der Waals surface area (Å²) in [5, 5.41) is 0. The fraction of sp³-hybridized carbons (Fsp3) is 0.273. The van der Waals surface area contributed by atoms with Gasteiger partial charge in [-0.3, -0.25) is 0 Å². The SMILES string of the molecule is CC(=O)[N+]1(C(N)=O)CCc2cc[c]cc21. The summed E-state index contributed by atoms with van der Waals surface area (Å²) in [5.41, 5.74) is 7.03. The molecule has 1 aliphatic rings. The van der Waals surface area contributed by atoms with Gasteiger partial charge >= 0.3 is 11.9 Å². The number of amides is 3. The number of fused-ring (bicyclic) bond motifs is 1. The molecule has 1 aromatic rings. The maximum Gasteiger partial charge on any atom is 0.426 e. The molecule has 0 bridgehead atoms. The van der Waals surface area contributed by atoms with Crippen LogP contribution in [0.5, 0.6) is 0 Å². The number of benzene rings is 1. The van der Waals surface area contributed by atoms with Crippen molar-refractivity contribution in [3.8, 4) is 0 Å². The van der Waals surface area contributed by atoms with Crippen LogP contribution >= 0.6 is 0 Å². The summed E-state index contributed by atoms with van der Waals surface area (Å²) in [6.45, 7) is 1.82. The zero-order valence-corrected chi connectivity index (χ0v) is 8.49. The van der Waals surface area contributed by atoms with Crippen molar-refractivity contribution in [3.05, 3.63) is 29.8 Å². The third kappa shape index (κ3) is 1.18. The minimum absolute atomic E-state index is 0.235. The van der Waals surface area contributed by atoms with E-state index in [4.69, 9.17) is 5.73 Å². The van der Waals surface area contributed by atoms with E-state index in [0.29, 0.717) is 18.7 Å². The number of hydrogen-bond acceptors (Lipinski definition) is 2. The largest absolute Gasteiger partial charge is 0.426 e. The molecule has 0 aliphatic carbocycles. The normalized spacial score (nSPS) is 23.5. The molecule has 2 N–H and O–H groups in total. The second kappa shape index (κ2) is 3.17. The van der Waals surface area contributed by atoms with Gasteiger partial charge < -0.3 is 5.73 Å². The van der Waals surface area contributed by atoms with Crippen LogP contribution in [0, 0.1) is 6.07 Å². The lowest BCUT2D eigenvalue weighted by Gasteiger charge is -2.24. The Morgan fingerprint density at radius 1 is 1.53 bits per heavy atom. The van der Waals surface area contributed by atoms with Gasteiger partial charge in [0, 0.05) is 18.1 Å². The second-order valence-electron chi connectivity index (χ2n) is 3.70. The maximum absolute atomic E-state index is 11.6. The van der Waals surface area contributed by atoms with Crippen LogP contribution in [0.2, 0.25) is 0 Å². The fourth-order valence-electron chi connectivity index (χ4n) is 2.14. The molecular formula is C11H12N2O2+. The van der Waals surface area contributed by atoms with E-state index in [-0.39, 0.29) is 10.4 Å². The van der Waals surface area contributed by atoms with E-state index >= 15 is 0 Å². The van der Waals surface area contributed by atoms with Crippen molar-refractivity contribution < 1.29 is 9.59 Å². The molecule has 3 amide bonds. The summed E-state index contributed by atoms with van der Waals surface area (Å²) < 4.78 is -0.368. The Morgan fingerprint density at radius 2 is 2.27 bits per heavy atom. The minimum Gasteiger partial charge on any atom is -0.318 e. The summed E-state index contributed by atoms with van der Waals surface area (Å²) in [6, 6.07) is 7.60. The Kier molecular flexibility index (Phi) is 2.08. The first-order chi connectivity index (χ1) is 7.09. The van der Waals surface area contributed by atoms with Crippen LogP contribution in [0.25, 0.3) is 0 Å². The molecule has 0 spiro atoms. The Hall–Kier alpha value is -1.68. The molecule has 0 aromatic heterocycles. The van der Waals surface area contributed by atoms with Crippen LogP contribution < -0.4 is 10.2 Å². The van der Waals surface area contributed by atoms with Gasteiger partial charge in [0.1, 0.15) is 6.54 Å². The quantitative estimate of drug-likeness (QED) is 0.640. The lowest BCUT2D eigenvalue weighted by atomic mass is 10.2. The summed E-state index contributed by atoms with van der Waals surface area (Å²) in [5.74, 6) is -0.235. The van der Waals surface area contributed by atoms with Crippen molar-refractivity contribution in [1.29, 1.82) is 0 Å². The number of rotatable bonds is 0. The fourth-order valence-corrected chi connectivity index (χ4v) is 2.14. The van der Waals surface area contributed by atoms with E-state index in [1.54, 1.807) is 12.1 Å². The lowest BCUT2D eigenvalue weighted by molar-refractivity contribution is -0.125. The predicted molar refractivity (Wildman–Crippen MR) is 55.9 cm³/mol. The van der Waals surface area contributed by atoms with Gasteiger partial charge in [-0.25, -0.2) is 9.59 Å². The predicted octanol–water partition coefficient (Wildman–Crippen LogP) is 0.975. The van der Waals surface area contributed by atoms with Crippen LogP contribution in [-0.4, -0.2) is 18.5 Å². The van der Waals surface area contributed by atoms with Crippen molar-refractivity contribution in [1.82, 2.24) is 4.48 Å². The first-order valence-electron chi connectivity index (χ1n) is 4.78. The van der Waals surface area contributed by atoms with E-state index in [1.807, 2.05) is 6.07 Å². The highest BCUT2D eigenvalue weighted by Crippen LogP contribution is 2.34. The summed E-state index contributed by atoms with van der Waals surface area (Å²) in [7, 11) is 0. The van der Waals surface area contributed by atoms with E-state index < -0.39 is 6.03 Å². The smallest absolute Gasteiger partial charge is 0.318 e. The molecular weight excluding hydrogens is 192 g/mol. The van der Waals surface area contributed by atoms with E-state index in [0.717, 1.165) is 5.56 Å². The summed E-state index contributed by atoms with van der Waals surface area (Å²) >= 11 is 0. The van der Waals surface area contributed by atoms with Gasteiger partial charge in [0.25, 0.3) is 0 Å². The third-order valence-electron chi connectivity index (χ3n) is 2.97. The minimum atomic E-state index is -0.610. The molecule has 2 rings (SSSR count). The molecule has 1 aromatic carbocycles. The van der Waals surface area contributed by atoms with Crippen molar-refractivity contribution in [2.45, 2.75) is 13.3 Å². The number of primary amides is 1. The van der Waals surface area contributed by atoms with Crippen molar-refractivity contribution >= 4 is 17.6 Å². The van der Waals surface area contributed by atoms with E-state index in [1.165, 1.54) is 6.92 Å². The van der Waals surface area contributed by atoms with Crippen molar-refractivity contribution in [3.63, 3.8) is 0 Å². The number of nitrogens with two attached hydrogens (primary N) is 1. The Labute approximate surface area is 87.9 Å². The van der Waals surface area contributed by atoms with Gasteiger partial charge in [-0.1, -0.05) is 12.1 Å². The molecule has 1 aliphatic heterocycles. The molecule has 1 unspecified atom stereocenters. The molecule has 1 radical (unpaired) electrons. The van der Waals surface area contributed by atoms with Gasteiger partial charge in [-0.2, -0.15) is 0 Å². The van der Waals surface area contributed by atoms with Gasteiger partial charge in [-0.05, 0) is 6.07 Å². The number of carbonyl (C=O) groups is 2. The van der Waals surface area contributed by atoms with Crippen LogP contribution in [0.4, 0.5) is 10.5 Å². The van der Waals surface area contributed by atoms with Crippen molar-refractivity contribution in [2.24, 2.45) is 5.73 Å². The van der Waals surface area contributed by atoms with E-state index in [2.05, 4.69) is 6.07 Å². The first-order valence-corrected chi connectivity index (χ1v) is 4.78. The topological polar surface area (TPSA) is 60.2 Å². The van der Waals surface area contributed by atoms with E-state index in [9.17, 15) is 9.59 Å². The molecule has 0 saturated heterocycles. The second-order valence-corrected chi connectivity index (χ2v) is 3.70. The molecule has 4 heteroatoms. The molecule has 0 saturated carbocycles. The molecule has 0 fully saturated rings. The number of nitrogens with zero attached hydrogens (tertiary/aromatic N) is 1. The lowest BCUT2D eigenvalue weighted by Crippen LogP contribution is -2.59. The van der Waals surface area contributed by atoms with Crippen molar-refractivity contribution in [2.75, 3.05) is 6.54 Å². The van der Waals surface area contributed by atoms with Gasteiger partial charge in [0.2, 0.25) is 0 Å². The van der Waals surface area contributed by atoms with Gasteiger partial charge in [0.05, 0.1) is 6.92 Å². The molecule has 15 heavy (non-hydrogen) atoms. The Bertz CT molecular complexity index is 426. The number of carbonyl (C=O) groups excluding carboxylic acids is 2. The highest BCUT2D eigenvalue weighted by molar-refractivity contribution is 6.08. The zero-order valence-electron chi connectivity index (χ0n) is 8.49. The average molecular weight is 204 g/mol. The van der Waals surface area contributed by atoms with Gasteiger partial charge in [0.15, 0.2) is 5.69 Å². The number of quaternary nitrogens is 1. The van der Waals surface area contributed by atoms with Crippen LogP contribution in [-0.2, 0) is 11.2 Å². The third-order valence-corrected chi connectivity index (χ3v) is 2.97. The standard InChI is InChI=1S/C11H11N2O2/c1-8(14)13(11(12)15)7-6-9-4-2-3-5-10(9)13/h2,4-5H,6-7H2,1H3,(H-,12,15)/p+1. The molecule has 77 valence electrons. The number of imide groups is 1. The highest BCUT2D eigenvalue weighted by atomic mass is 16.2. The van der Waals surface area contributed by atoms with Crippen LogP contribution in [0.1, 0.15) is 12.5 Å². The van der Waals surface area contributed by atoms with Crippen LogP contribution in [0.3, 0.4) is 0 Å². The Morgan fingerprint density at radius 3 is 2.87 bits per heavy atom. The zero-order chi connectivity index (χ0) is 11.1. The highest BCUT2D eigenvalue weighted by Gasteiger charge is 2.48. The summed E-state index contributed by atoms with van der Waals surface area (Å²) in [4.78, 5) is 23.1. The summed E-state index contributed by atoms with van der Waals surface area (Å²) in [6.07, 6.45) is 0.701. The monoisotopic (exact) mass is 204 g/mol. The first kappa shape index (κ1) is 9.86. The van der Waals surface area contributed by atoms with Gasteiger partial charge in [-0.15, -0.1) is 4.48 Å². The number of urea groups is 1. The molecule has 1 atom stereocenters. The van der Waals surface area contributed by atoms with Crippen LogP contribution in [0.15, 0.2) is 18.2 Å². The molecule has 4 nitrogen and oxygen atoms in total. The average Bonchev–Trinajstić information content (AvgIpc) is 2.57. The molecule has 1 heterocycles.